The minimum atomic E-state index is -0.886. The Labute approximate surface area is 189 Å². The molecule has 0 radical (unpaired) electrons. The van der Waals surface area contributed by atoms with Crippen LogP contribution in [0.3, 0.4) is 0 Å². The van der Waals surface area contributed by atoms with E-state index in [2.05, 4.69) is 64.8 Å². The van der Waals surface area contributed by atoms with E-state index < -0.39 is 5.97 Å². The molecule has 3 fully saturated rings. The quantitative estimate of drug-likeness (QED) is 0.567. The molecular formula is C28H30N2O2. The van der Waals surface area contributed by atoms with Crippen molar-refractivity contribution in [2.75, 3.05) is 13.1 Å². The average Bonchev–Trinajstić information content (AvgIpc) is 2.85. The molecule has 4 heteroatoms. The lowest BCUT2D eigenvalue weighted by Crippen LogP contribution is -2.63. The van der Waals surface area contributed by atoms with Crippen LogP contribution in [0.5, 0.6) is 0 Å². The lowest BCUT2D eigenvalue weighted by molar-refractivity contribution is 0.0127. The van der Waals surface area contributed by atoms with Crippen molar-refractivity contribution in [1.82, 2.24) is 10.2 Å². The van der Waals surface area contributed by atoms with Gasteiger partial charge >= 0.3 is 5.97 Å². The van der Waals surface area contributed by atoms with Crippen LogP contribution in [0.15, 0.2) is 78.9 Å². The smallest absolute Gasteiger partial charge is 0.335 e. The molecule has 4 nitrogen and oxygen atoms in total. The first-order chi connectivity index (χ1) is 15.7. The molecule has 2 bridgehead atoms. The van der Waals surface area contributed by atoms with Crippen molar-refractivity contribution in [3.05, 3.63) is 95.6 Å². The summed E-state index contributed by atoms with van der Waals surface area (Å²) >= 11 is 0. The molecular weight excluding hydrogens is 396 g/mol. The number of hydrogen-bond acceptors (Lipinski definition) is 3. The van der Waals surface area contributed by atoms with Crippen molar-refractivity contribution in [2.24, 2.45) is 5.92 Å². The lowest BCUT2D eigenvalue weighted by Gasteiger charge is -2.51. The molecule has 0 aromatic heterocycles. The van der Waals surface area contributed by atoms with Gasteiger partial charge in [-0.1, -0.05) is 66.7 Å². The van der Waals surface area contributed by atoms with E-state index in [4.69, 9.17) is 0 Å². The van der Waals surface area contributed by atoms with E-state index in [0.29, 0.717) is 17.6 Å². The molecule has 3 heterocycles. The molecule has 32 heavy (non-hydrogen) atoms. The van der Waals surface area contributed by atoms with Crippen LogP contribution in [0.2, 0.25) is 0 Å². The van der Waals surface area contributed by atoms with E-state index in [-0.39, 0.29) is 0 Å². The first kappa shape index (κ1) is 20.9. The molecule has 3 aromatic carbocycles. The molecule has 2 N–H and O–H groups in total. The van der Waals surface area contributed by atoms with Gasteiger partial charge in [-0.15, -0.1) is 0 Å². The summed E-state index contributed by atoms with van der Waals surface area (Å²) in [6.07, 6.45) is 3.56. The Kier molecular flexibility index (Phi) is 6.06. The average molecular weight is 427 g/mol. The van der Waals surface area contributed by atoms with Crippen LogP contribution >= 0.6 is 0 Å². The zero-order valence-corrected chi connectivity index (χ0v) is 18.3. The molecule has 0 saturated carbocycles. The summed E-state index contributed by atoms with van der Waals surface area (Å²) in [6.45, 7) is 3.29. The van der Waals surface area contributed by atoms with Gasteiger partial charge in [0.05, 0.1) is 5.56 Å². The van der Waals surface area contributed by atoms with Gasteiger partial charge in [0, 0.05) is 18.6 Å². The minimum Gasteiger partial charge on any atom is -0.478 e. The maximum absolute atomic E-state index is 11.2. The van der Waals surface area contributed by atoms with Gasteiger partial charge < -0.3 is 10.4 Å². The fourth-order valence-electron chi connectivity index (χ4n) is 5.54. The SMILES string of the molecule is O=C(O)c1ccc(-c2ccccc2CC2C(NCc3ccccc3)C3CCN2CC3)cc1. The van der Waals surface area contributed by atoms with Crippen LogP contribution in [0.4, 0.5) is 0 Å². The molecule has 6 rings (SSSR count). The van der Waals surface area contributed by atoms with E-state index in [1.807, 2.05) is 12.1 Å². The number of fused-ring (bicyclic) bond motifs is 3. The van der Waals surface area contributed by atoms with Crippen molar-refractivity contribution in [1.29, 1.82) is 0 Å². The van der Waals surface area contributed by atoms with E-state index in [1.54, 1.807) is 12.1 Å². The lowest BCUT2D eigenvalue weighted by atomic mass is 9.76. The predicted octanol–water partition coefficient (Wildman–Crippen LogP) is 4.85. The Balaban J connectivity index is 1.38. The van der Waals surface area contributed by atoms with Crippen LogP contribution in [0.1, 0.15) is 34.3 Å². The van der Waals surface area contributed by atoms with Gasteiger partial charge in [-0.05, 0) is 72.7 Å². The molecule has 0 aliphatic carbocycles. The maximum atomic E-state index is 11.2. The second kappa shape index (κ2) is 9.27. The number of nitrogens with one attached hydrogen (secondary N) is 1. The Morgan fingerprint density at radius 2 is 1.59 bits per heavy atom. The van der Waals surface area contributed by atoms with Gasteiger partial charge in [0.25, 0.3) is 0 Å². The highest BCUT2D eigenvalue weighted by Gasteiger charge is 2.41. The molecule has 164 valence electrons. The fourth-order valence-corrected chi connectivity index (χ4v) is 5.54. The predicted molar refractivity (Wildman–Crippen MR) is 128 cm³/mol. The van der Waals surface area contributed by atoms with Gasteiger partial charge in [0.2, 0.25) is 0 Å². The number of benzene rings is 3. The molecule has 0 amide bonds. The van der Waals surface area contributed by atoms with Crippen LogP contribution in [-0.4, -0.2) is 41.1 Å². The number of hydrogen-bond donors (Lipinski definition) is 2. The largest absolute Gasteiger partial charge is 0.478 e. The fraction of sp³-hybridized carbons (Fsp3) is 0.321. The summed E-state index contributed by atoms with van der Waals surface area (Å²) in [6, 6.07) is 27.5. The Morgan fingerprint density at radius 3 is 2.31 bits per heavy atom. The molecule has 2 unspecified atom stereocenters. The molecule has 2 atom stereocenters. The number of aromatic carboxylic acids is 1. The molecule has 3 aliphatic heterocycles. The highest BCUT2D eigenvalue weighted by molar-refractivity contribution is 5.88. The number of carboxylic acids is 1. The minimum absolute atomic E-state index is 0.326. The van der Waals surface area contributed by atoms with Crippen molar-refractivity contribution in [3.63, 3.8) is 0 Å². The van der Waals surface area contributed by atoms with E-state index in [9.17, 15) is 9.90 Å². The molecule has 3 saturated heterocycles. The van der Waals surface area contributed by atoms with Gasteiger partial charge in [0.1, 0.15) is 0 Å². The van der Waals surface area contributed by atoms with Gasteiger partial charge in [0.15, 0.2) is 0 Å². The number of carbonyl (C=O) groups is 1. The third-order valence-corrected chi connectivity index (χ3v) is 7.24. The normalized spacial score (nSPS) is 24.4. The number of nitrogens with zero attached hydrogens (tertiary/aromatic N) is 1. The highest BCUT2D eigenvalue weighted by atomic mass is 16.4. The van der Waals surface area contributed by atoms with Gasteiger partial charge in [-0.25, -0.2) is 4.79 Å². The second-order valence-electron chi connectivity index (χ2n) is 9.08. The first-order valence-electron chi connectivity index (χ1n) is 11.6. The topological polar surface area (TPSA) is 52.6 Å². The van der Waals surface area contributed by atoms with Crippen LogP contribution in [0.25, 0.3) is 11.1 Å². The number of rotatable bonds is 7. The van der Waals surface area contributed by atoms with Gasteiger partial charge in [-0.3, -0.25) is 4.90 Å². The number of carboxylic acid groups (broad SMARTS) is 1. The molecule has 0 spiro atoms. The van der Waals surface area contributed by atoms with Crippen LogP contribution in [-0.2, 0) is 13.0 Å². The van der Waals surface area contributed by atoms with Crippen molar-refractivity contribution in [2.45, 2.75) is 37.9 Å². The summed E-state index contributed by atoms with van der Waals surface area (Å²) in [7, 11) is 0. The monoisotopic (exact) mass is 426 g/mol. The standard InChI is InChI=1S/C28H30N2O2/c31-28(32)23-12-10-21(11-13-23)25-9-5-4-8-24(25)18-26-27(22-14-16-30(26)17-15-22)29-19-20-6-2-1-3-7-20/h1-13,22,26-27,29H,14-19H2,(H,31,32). The Hall–Kier alpha value is -2.95. The Bertz CT molecular complexity index is 1060. The first-order valence-corrected chi connectivity index (χ1v) is 11.6. The van der Waals surface area contributed by atoms with E-state index >= 15 is 0 Å². The van der Waals surface area contributed by atoms with E-state index in [0.717, 1.165) is 24.4 Å². The second-order valence-corrected chi connectivity index (χ2v) is 9.08. The summed E-state index contributed by atoms with van der Waals surface area (Å²) in [5.41, 5.74) is 5.28. The van der Waals surface area contributed by atoms with Crippen molar-refractivity contribution >= 4 is 5.97 Å². The maximum Gasteiger partial charge on any atom is 0.335 e. The summed E-state index contributed by atoms with van der Waals surface area (Å²) in [4.78, 5) is 13.9. The zero-order chi connectivity index (χ0) is 21.9. The Morgan fingerprint density at radius 1 is 0.906 bits per heavy atom. The van der Waals surface area contributed by atoms with Gasteiger partial charge in [-0.2, -0.15) is 0 Å². The van der Waals surface area contributed by atoms with Crippen molar-refractivity contribution in [3.8, 4) is 11.1 Å². The van der Waals surface area contributed by atoms with Crippen LogP contribution in [0, 0.1) is 5.92 Å². The van der Waals surface area contributed by atoms with E-state index in [1.165, 1.54) is 42.6 Å². The third kappa shape index (κ3) is 4.34. The molecule has 3 aromatic rings. The van der Waals surface area contributed by atoms with Crippen LogP contribution < -0.4 is 5.32 Å². The van der Waals surface area contributed by atoms with Crippen molar-refractivity contribution < 1.29 is 9.90 Å². The molecule has 3 aliphatic rings. The third-order valence-electron chi connectivity index (χ3n) is 7.24. The highest BCUT2D eigenvalue weighted by Crippen LogP contribution is 2.36. The zero-order valence-electron chi connectivity index (χ0n) is 18.3. The summed E-state index contributed by atoms with van der Waals surface area (Å²) < 4.78 is 0. The summed E-state index contributed by atoms with van der Waals surface area (Å²) in [5.74, 6) is -0.154. The summed E-state index contributed by atoms with van der Waals surface area (Å²) in [5, 5.41) is 13.1. The number of piperidine rings is 3.